The zero-order chi connectivity index (χ0) is 16.6. The molecule has 2 nitrogen and oxygen atoms in total. The molecule has 0 aromatic heterocycles. The molecule has 0 fully saturated rings. The minimum atomic E-state index is 0.118. The molecule has 0 bridgehead atoms. The number of ketones is 1. The predicted molar refractivity (Wildman–Crippen MR) is 95.1 cm³/mol. The van der Waals surface area contributed by atoms with Crippen LogP contribution in [-0.2, 0) is 17.8 Å². The van der Waals surface area contributed by atoms with Gasteiger partial charge in [-0.25, -0.2) is 0 Å². The highest BCUT2D eigenvalue weighted by Crippen LogP contribution is 2.50. The molecule has 0 aliphatic heterocycles. The van der Waals surface area contributed by atoms with Gasteiger partial charge >= 0.3 is 0 Å². The van der Waals surface area contributed by atoms with Crippen LogP contribution in [-0.4, -0.2) is 5.78 Å². The number of ether oxygens (including phenoxy) is 1. The summed E-state index contributed by atoms with van der Waals surface area (Å²) in [4.78, 5) is 11.9. The fourth-order valence-electron chi connectivity index (χ4n) is 4.00. The highest BCUT2D eigenvalue weighted by atomic mass is 16.5. The molecule has 0 heterocycles. The van der Waals surface area contributed by atoms with Crippen molar-refractivity contribution in [2.45, 2.75) is 38.7 Å². The normalized spacial score (nSPS) is 25.0. The highest BCUT2D eigenvalue weighted by Gasteiger charge is 2.40. The smallest absolute Gasteiger partial charge is 0.156 e. The van der Waals surface area contributed by atoms with Gasteiger partial charge in [0.2, 0.25) is 0 Å². The highest BCUT2D eigenvalue weighted by molar-refractivity contribution is 5.91. The second-order valence-corrected chi connectivity index (χ2v) is 7.20. The van der Waals surface area contributed by atoms with Crippen LogP contribution in [0, 0.1) is 5.41 Å². The van der Waals surface area contributed by atoms with Crippen molar-refractivity contribution in [1.29, 1.82) is 0 Å². The Hall–Kier alpha value is -2.35. The summed E-state index contributed by atoms with van der Waals surface area (Å²) in [5.74, 6) is 1.47. The summed E-state index contributed by atoms with van der Waals surface area (Å²) in [6.45, 7) is 2.87. The first kappa shape index (κ1) is 15.2. The number of aryl methyl sites for hydroxylation is 1. The van der Waals surface area contributed by atoms with Crippen LogP contribution < -0.4 is 4.74 Å². The second kappa shape index (κ2) is 5.94. The molecule has 0 amide bonds. The van der Waals surface area contributed by atoms with Crippen molar-refractivity contribution in [1.82, 2.24) is 0 Å². The Morgan fingerprint density at radius 3 is 2.83 bits per heavy atom. The molecule has 122 valence electrons. The zero-order valence-corrected chi connectivity index (χ0v) is 14.0. The van der Waals surface area contributed by atoms with E-state index in [1.165, 1.54) is 16.7 Å². The van der Waals surface area contributed by atoms with Crippen molar-refractivity contribution >= 4 is 5.78 Å². The van der Waals surface area contributed by atoms with E-state index in [0.717, 1.165) is 18.6 Å². The number of allylic oxidation sites excluding steroid dienone is 2. The summed E-state index contributed by atoms with van der Waals surface area (Å²) in [5.41, 5.74) is 3.96. The van der Waals surface area contributed by atoms with E-state index in [0.29, 0.717) is 18.9 Å². The van der Waals surface area contributed by atoms with Crippen molar-refractivity contribution in [2.75, 3.05) is 0 Å². The van der Waals surface area contributed by atoms with Gasteiger partial charge < -0.3 is 4.74 Å². The van der Waals surface area contributed by atoms with E-state index in [4.69, 9.17) is 4.74 Å². The largest absolute Gasteiger partial charge is 0.489 e. The van der Waals surface area contributed by atoms with E-state index in [2.05, 4.69) is 43.3 Å². The Labute approximate surface area is 143 Å². The topological polar surface area (TPSA) is 26.3 Å². The van der Waals surface area contributed by atoms with Gasteiger partial charge in [-0.2, -0.15) is 0 Å². The van der Waals surface area contributed by atoms with Crippen molar-refractivity contribution in [3.63, 3.8) is 0 Å². The van der Waals surface area contributed by atoms with Crippen LogP contribution in [0.4, 0.5) is 0 Å². The molecule has 2 aromatic rings. The summed E-state index contributed by atoms with van der Waals surface area (Å²) in [6, 6.07) is 16.6. The summed E-state index contributed by atoms with van der Waals surface area (Å²) in [5, 5.41) is 0. The third-order valence-corrected chi connectivity index (χ3v) is 5.52. The van der Waals surface area contributed by atoms with Gasteiger partial charge in [0.1, 0.15) is 12.4 Å². The molecule has 0 spiro atoms. The molecule has 0 radical (unpaired) electrons. The zero-order valence-electron chi connectivity index (χ0n) is 14.0. The standard InChI is InChI=1S/C22H22O2/c1-22-11-9-17-13-19(24-15-16-5-3-2-4-6-16)7-8-20(17)21(22)14-18(23)10-12-22/h2-8,10,12-13,21H,9,11,14-15H2,1H3/t21-,22-/m1/s1. The fraction of sp³-hybridized carbons (Fsp3) is 0.318. The maximum Gasteiger partial charge on any atom is 0.156 e. The van der Waals surface area contributed by atoms with E-state index in [1.54, 1.807) is 6.08 Å². The molecule has 2 atom stereocenters. The van der Waals surface area contributed by atoms with Gasteiger partial charge in [-0.15, -0.1) is 0 Å². The fourth-order valence-corrected chi connectivity index (χ4v) is 4.00. The maximum atomic E-state index is 11.9. The van der Waals surface area contributed by atoms with Gasteiger partial charge in [0.05, 0.1) is 0 Å². The number of benzene rings is 2. The van der Waals surface area contributed by atoms with Crippen LogP contribution >= 0.6 is 0 Å². The SMILES string of the molecule is C[C@@]12C=CC(=O)C[C@@H]1c1ccc(OCc3ccccc3)cc1CC2. The number of hydrogen-bond donors (Lipinski definition) is 0. The summed E-state index contributed by atoms with van der Waals surface area (Å²) in [7, 11) is 0. The van der Waals surface area contributed by atoms with Crippen LogP contribution in [0.25, 0.3) is 0 Å². The molecular weight excluding hydrogens is 296 g/mol. The Morgan fingerprint density at radius 2 is 2.00 bits per heavy atom. The van der Waals surface area contributed by atoms with E-state index in [1.807, 2.05) is 18.2 Å². The Bertz CT molecular complexity index is 791. The van der Waals surface area contributed by atoms with Gasteiger partial charge in [0.25, 0.3) is 0 Å². The lowest BCUT2D eigenvalue weighted by Crippen LogP contribution is -2.33. The summed E-state index contributed by atoms with van der Waals surface area (Å²) < 4.78 is 5.96. The first-order valence-electron chi connectivity index (χ1n) is 8.66. The van der Waals surface area contributed by atoms with Gasteiger partial charge in [0.15, 0.2) is 5.78 Å². The second-order valence-electron chi connectivity index (χ2n) is 7.20. The van der Waals surface area contributed by atoms with Crippen LogP contribution in [0.3, 0.4) is 0 Å². The lowest BCUT2D eigenvalue weighted by atomic mass is 9.61. The number of hydrogen-bond acceptors (Lipinski definition) is 2. The average Bonchev–Trinajstić information content (AvgIpc) is 2.61. The summed E-state index contributed by atoms with van der Waals surface area (Å²) in [6.07, 6.45) is 6.68. The maximum absolute atomic E-state index is 11.9. The van der Waals surface area contributed by atoms with Crippen LogP contribution in [0.2, 0.25) is 0 Å². The van der Waals surface area contributed by atoms with Crippen molar-refractivity contribution < 1.29 is 9.53 Å². The molecule has 2 aliphatic carbocycles. The first-order chi connectivity index (χ1) is 11.6. The number of carbonyl (C=O) groups is 1. The number of rotatable bonds is 3. The Balaban J connectivity index is 1.56. The number of fused-ring (bicyclic) bond motifs is 3. The molecule has 2 aromatic carbocycles. The van der Waals surface area contributed by atoms with Crippen molar-refractivity contribution in [2.24, 2.45) is 5.41 Å². The van der Waals surface area contributed by atoms with E-state index in [9.17, 15) is 4.79 Å². The molecule has 4 rings (SSSR count). The molecule has 24 heavy (non-hydrogen) atoms. The monoisotopic (exact) mass is 318 g/mol. The van der Waals surface area contributed by atoms with Crippen molar-refractivity contribution in [3.8, 4) is 5.75 Å². The van der Waals surface area contributed by atoms with E-state index >= 15 is 0 Å². The van der Waals surface area contributed by atoms with Crippen LogP contribution in [0.1, 0.15) is 42.4 Å². The third-order valence-electron chi connectivity index (χ3n) is 5.52. The van der Waals surface area contributed by atoms with E-state index < -0.39 is 0 Å². The predicted octanol–water partition coefficient (Wildman–Crippen LogP) is 4.83. The molecule has 0 unspecified atom stereocenters. The lowest BCUT2D eigenvalue weighted by Gasteiger charge is -2.42. The molecule has 2 aliphatic rings. The molecule has 0 saturated heterocycles. The van der Waals surface area contributed by atoms with E-state index in [-0.39, 0.29) is 11.2 Å². The molecule has 0 N–H and O–H groups in total. The van der Waals surface area contributed by atoms with Crippen molar-refractivity contribution in [3.05, 3.63) is 77.4 Å². The molecule has 2 heteroatoms. The van der Waals surface area contributed by atoms with Gasteiger partial charge in [-0.3, -0.25) is 4.79 Å². The van der Waals surface area contributed by atoms with Gasteiger partial charge in [-0.05, 0) is 53.2 Å². The number of carbonyl (C=O) groups excluding carboxylic acids is 1. The lowest BCUT2D eigenvalue weighted by molar-refractivity contribution is -0.116. The quantitative estimate of drug-likeness (QED) is 0.810. The molecule has 0 saturated carbocycles. The average molecular weight is 318 g/mol. The van der Waals surface area contributed by atoms with Crippen LogP contribution in [0.5, 0.6) is 5.75 Å². The van der Waals surface area contributed by atoms with Gasteiger partial charge in [0, 0.05) is 12.3 Å². The minimum absolute atomic E-state index is 0.118. The Kier molecular flexibility index (Phi) is 3.76. The third kappa shape index (κ3) is 2.77. The minimum Gasteiger partial charge on any atom is -0.489 e. The Morgan fingerprint density at radius 1 is 1.17 bits per heavy atom. The summed E-state index contributed by atoms with van der Waals surface area (Å²) >= 11 is 0. The first-order valence-corrected chi connectivity index (χ1v) is 8.66. The van der Waals surface area contributed by atoms with Gasteiger partial charge in [-0.1, -0.05) is 49.4 Å². The van der Waals surface area contributed by atoms with Crippen LogP contribution in [0.15, 0.2) is 60.7 Å². The molecular formula is C22H22O2.